The quantitative estimate of drug-likeness (QED) is 0.0968. The van der Waals surface area contributed by atoms with Crippen LogP contribution in [-0.4, -0.2) is 49.7 Å². The van der Waals surface area contributed by atoms with Crippen LogP contribution in [0.5, 0.6) is 0 Å². The van der Waals surface area contributed by atoms with Gasteiger partial charge < -0.3 is 9.33 Å². The number of halogens is 3. The van der Waals surface area contributed by atoms with Gasteiger partial charge in [-0.3, -0.25) is 30.6 Å². The summed E-state index contributed by atoms with van der Waals surface area (Å²) in [5.41, 5.74) is 0.908. The minimum Gasteiger partial charge on any atom is -0.395 e. The van der Waals surface area contributed by atoms with Crippen LogP contribution in [0, 0.1) is 10.1 Å². The Bertz CT molecular complexity index is 1580. The molecule has 1 atom stereocenters. The molecule has 2 amide bonds. The summed E-state index contributed by atoms with van der Waals surface area (Å²) in [7, 11) is -1.94. The van der Waals surface area contributed by atoms with E-state index in [2.05, 4.69) is 29.0 Å². The molecule has 0 saturated carbocycles. The van der Waals surface area contributed by atoms with Crippen LogP contribution in [0.25, 0.3) is 0 Å². The third-order valence-corrected chi connectivity index (χ3v) is 12.7. The highest BCUT2D eigenvalue weighted by atomic mass is 28.4. The zero-order valence-electron chi connectivity index (χ0n) is 27.3. The number of carbonyl (C=O) groups excluding carboxylic acids is 2. The molecule has 2 aromatic carbocycles. The molecule has 0 saturated heterocycles. The molecule has 3 aromatic rings. The van der Waals surface area contributed by atoms with Gasteiger partial charge in [0.1, 0.15) is 17.5 Å². The van der Waals surface area contributed by atoms with Crippen molar-refractivity contribution >= 4 is 42.0 Å². The minimum atomic E-state index is -5.00. The molecule has 0 aliphatic carbocycles. The molecular formula is C34H40F3N5O5Si. The van der Waals surface area contributed by atoms with Crippen molar-refractivity contribution < 1.29 is 32.1 Å². The molecule has 0 bridgehead atoms. The number of carbonyl (C=O) groups is 2. The summed E-state index contributed by atoms with van der Waals surface area (Å²) in [4.78, 5) is 42.6. The number of hydrazine groups is 1. The van der Waals surface area contributed by atoms with Crippen molar-refractivity contribution in [3.05, 3.63) is 113 Å². The smallest absolute Gasteiger partial charge is 0.395 e. The number of nitro groups is 1. The number of rotatable bonds is 14. The van der Waals surface area contributed by atoms with Crippen LogP contribution in [0.1, 0.15) is 56.1 Å². The maximum atomic E-state index is 13.9. The summed E-state index contributed by atoms with van der Waals surface area (Å²) in [5, 5.41) is 13.1. The topological polar surface area (TPSA) is 127 Å². The maximum Gasteiger partial charge on any atom is 0.420 e. The molecular weight excluding hydrogens is 643 g/mol. The fraction of sp³-hybridized carbons (Fsp3) is 0.324. The monoisotopic (exact) mass is 683 g/mol. The first-order valence-electron chi connectivity index (χ1n) is 15.2. The van der Waals surface area contributed by atoms with Gasteiger partial charge in [-0.25, -0.2) is 4.98 Å². The van der Waals surface area contributed by atoms with Gasteiger partial charge in [0.2, 0.25) is 5.69 Å². The van der Waals surface area contributed by atoms with Crippen molar-refractivity contribution in [1.82, 2.24) is 15.8 Å². The first kappa shape index (κ1) is 37.6. The fourth-order valence-corrected chi connectivity index (χ4v) is 10.0. The van der Waals surface area contributed by atoms with E-state index in [0.29, 0.717) is 6.42 Å². The molecule has 0 aliphatic rings. The summed E-state index contributed by atoms with van der Waals surface area (Å²) < 4.78 is 48.7. The van der Waals surface area contributed by atoms with Crippen molar-refractivity contribution in [3.8, 4) is 0 Å². The largest absolute Gasteiger partial charge is 0.420 e. The molecule has 0 fully saturated rings. The van der Waals surface area contributed by atoms with Gasteiger partial charge in [-0.05, 0) is 34.7 Å². The number of aromatic nitrogens is 1. The Morgan fingerprint density at radius 2 is 1.54 bits per heavy atom. The van der Waals surface area contributed by atoms with Gasteiger partial charge in [0.15, 0.2) is 0 Å². The van der Waals surface area contributed by atoms with E-state index in [9.17, 15) is 32.9 Å². The second-order valence-electron chi connectivity index (χ2n) is 12.1. The number of hydrogen-bond donors (Lipinski definition) is 2. The van der Waals surface area contributed by atoms with E-state index >= 15 is 0 Å². The number of allylic oxidation sites excluding steroid dienone is 1. The highest BCUT2D eigenvalue weighted by Gasteiger charge is 2.52. The van der Waals surface area contributed by atoms with E-state index < -0.39 is 65.1 Å². The average Bonchev–Trinajstić information content (AvgIpc) is 3.05. The lowest BCUT2D eigenvalue weighted by molar-refractivity contribution is -0.385. The Kier molecular flexibility index (Phi) is 12.4. The van der Waals surface area contributed by atoms with E-state index in [1.807, 2.05) is 81.4 Å². The highest BCUT2D eigenvalue weighted by Crippen LogP contribution is 2.39. The molecule has 0 radical (unpaired) electrons. The molecule has 3 rings (SSSR count). The van der Waals surface area contributed by atoms with Crippen LogP contribution < -0.4 is 26.1 Å². The molecule has 48 heavy (non-hydrogen) atoms. The van der Waals surface area contributed by atoms with Crippen LogP contribution >= 0.6 is 0 Å². The second-order valence-corrected chi connectivity index (χ2v) is 16.3. The summed E-state index contributed by atoms with van der Waals surface area (Å²) in [5.74, 6) is -2.74. The maximum absolute atomic E-state index is 13.9. The summed E-state index contributed by atoms with van der Waals surface area (Å²) in [6, 6.07) is 19.4. The molecule has 1 heterocycles. The molecule has 10 nitrogen and oxygen atoms in total. The van der Waals surface area contributed by atoms with Crippen molar-refractivity contribution in [2.75, 3.05) is 18.5 Å². The lowest BCUT2D eigenvalue weighted by Gasteiger charge is -2.44. The SMILES string of the molecule is C=CCCC(O[Si](c1ccccc1)(c1ccccc1)C(C)(C)C)C(=O)NNC(=O)c1nc(N(C)CCC=C)c(C(F)(F)F)cc1[N+](=O)[O-]. The highest BCUT2D eigenvalue weighted by molar-refractivity contribution is 6.99. The average molecular weight is 684 g/mol. The van der Waals surface area contributed by atoms with Crippen molar-refractivity contribution in [3.63, 3.8) is 0 Å². The van der Waals surface area contributed by atoms with Gasteiger partial charge in [-0.2, -0.15) is 13.2 Å². The standard InChI is InChI=1S/C34H40F3N5O5Si/c1-7-9-21-28(47-48(33(3,4)5,24-17-13-11-14-18-24)25-19-15-12-16-20-25)31(43)39-40-32(44)29-27(42(45)46)23-26(34(35,36)37)30(38-29)41(6)22-10-8-2/h7-8,11-20,23,28H,1-2,9-10,21-22H2,3-6H3,(H,39,43)(H,40,44). The van der Waals surface area contributed by atoms with Crippen molar-refractivity contribution in [2.24, 2.45) is 0 Å². The van der Waals surface area contributed by atoms with E-state index in [-0.39, 0.29) is 25.5 Å². The van der Waals surface area contributed by atoms with Crippen LogP contribution in [0.3, 0.4) is 0 Å². The number of anilines is 1. The Morgan fingerprint density at radius 3 is 2.00 bits per heavy atom. The summed E-state index contributed by atoms with van der Waals surface area (Å²) in [6.45, 7) is 13.4. The number of nitrogens with zero attached hydrogens (tertiary/aromatic N) is 3. The normalized spacial score (nSPS) is 12.5. The Morgan fingerprint density at radius 1 is 1.00 bits per heavy atom. The minimum absolute atomic E-state index is 0.0414. The predicted molar refractivity (Wildman–Crippen MR) is 182 cm³/mol. The van der Waals surface area contributed by atoms with Crippen LogP contribution in [0.15, 0.2) is 92.0 Å². The Balaban J connectivity index is 2.03. The van der Waals surface area contributed by atoms with Gasteiger partial charge in [0, 0.05) is 19.7 Å². The van der Waals surface area contributed by atoms with Gasteiger partial charge >= 0.3 is 11.9 Å². The van der Waals surface area contributed by atoms with E-state index in [1.165, 1.54) is 13.1 Å². The summed E-state index contributed by atoms with van der Waals surface area (Å²) >= 11 is 0. The van der Waals surface area contributed by atoms with Crippen LogP contribution in [-0.2, 0) is 15.4 Å². The predicted octanol–water partition coefficient (Wildman–Crippen LogP) is 5.69. The molecule has 1 aromatic heterocycles. The zero-order chi connectivity index (χ0) is 35.7. The third-order valence-electron chi connectivity index (χ3n) is 7.69. The van der Waals surface area contributed by atoms with Gasteiger partial charge in [0.25, 0.3) is 20.1 Å². The van der Waals surface area contributed by atoms with Gasteiger partial charge in [-0.15, -0.1) is 13.2 Å². The molecule has 2 N–H and O–H groups in total. The number of nitrogens with one attached hydrogen (secondary N) is 2. The zero-order valence-corrected chi connectivity index (χ0v) is 28.3. The molecule has 1 unspecified atom stereocenters. The number of benzene rings is 2. The number of pyridine rings is 1. The van der Waals surface area contributed by atoms with E-state index in [1.54, 1.807) is 6.08 Å². The van der Waals surface area contributed by atoms with Crippen LogP contribution in [0.4, 0.5) is 24.7 Å². The fourth-order valence-electron chi connectivity index (χ4n) is 5.37. The number of amides is 2. The van der Waals surface area contributed by atoms with Crippen molar-refractivity contribution in [2.45, 2.75) is 57.4 Å². The lowest BCUT2D eigenvalue weighted by Crippen LogP contribution is -2.69. The lowest BCUT2D eigenvalue weighted by atomic mass is 10.1. The second kappa shape index (κ2) is 15.8. The Hall–Kier alpha value is -4.82. The van der Waals surface area contributed by atoms with Gasteiger partial charge in [0.05, 0.1) is 4.92 Å². The first-order valence-corrected chi connectivity index (χ1v) is 17.1. The molecule has 14 heteroatoms. The first-order chi connectivity index (χ1) is 22.6. The third kappa shape index (κ3) is 8.55. The molecule has 0 spiro atoms. The van der Waals surface area contributed by atoms with Crippen LogP contribution in [0.2, 0.25) is 5.04 Å². The number of alkyl halides is 3. The van der Waals surface area contributed by atoms with Gasteiger partial charge in [-0.1, -0.05) is 93.6 Å². The Labute approximate surface area is 279 Å². The molecule has 0 aliphatic heterocycles. The number of hydrogen-bond acceptors (Lipinski definition) is 7. The van der Waals surface area contributed by atoms with Crippen molar-refractivity contribution in [1.29, 1.82) is 0 Å². The summed E-state index contributed by atoms with van der Waals surface area (Å²) in [6.07, 6.45) is -2.21. The van der Waals surface area contributed by atoms with E-state index in [4.69, 9.17) is 4.43 Å². The van der Waals surface area contributed by atoms with E-state index in [0.717, 1.165) is 15.3 Å². The molecule has 256 valence electrons.